The van der Waals surface area contributed by atoms with Crippen molar-refractivity contribution in [2.24, 2.45) is 0 Å². The fourth-order valence-corrected chi connectivity index (χ4v) is 4.76. The molecule has 1 heterocycles. The van der Waals surface area contributed by atoms with Crippen molar-refractivity contribution in [2.75, 3.05) is 5.32 Å². The number of aryl methyl sites for hydroxylation is 1. The maximum absolute atomic E-state index is 12.8. The lowest BCUT2D eigenvalue weighted by Crippen LogP contribution is -2.11. The first-order valence-corrected chi connectivity index (χ1v) is 12.2. The van der Waals surface area contributed by atoms with E-state index in [0.717, 1.165) is 28.1 Å². The number of benzene rings is 3. The fraction of sp³-hybridized carbons (Fsp3) is 0.0833. The monoisotopic (exact) mass is 482 g/mol. The molecule has 0 atom stereocenters. The Kier molecular flexibility index (Phi) is 6.69. The number of nitrogens with one attached hydrogen (secondary N) is 1. The number of nitrogens with zero attached hydrogens (tertiary/aromatic N) is 1. The minimum Gasteiger partial charge on any atom is -0.298 e. The number of aromatic nitrogens is 1. The van der Waals surface area contributed by atoms with Crippen molar-refractivity contribution in [3.8, 4) is 21.7 Å². The van der Waals surface area contributed by atoms with E-state index in [0.29, 0.717) is 10.2 Å². The van der Waals surface area contributed by atoms with E-state index in [4.69, 9.17) is 11.6 Å². The van der Waals surface area contributed by atoms with Gasteiger partial charge in [0.2, 0.25) is 0 Å². The van der Waals surface area contributed by atoms with Gasteiger partial charge in [-0.15, -0.1) is 0 Å². The highest BCUT2D eigenvalue weighted by Crippen LogP contribution is 2.39. The first kappa shape index (κ1) is 22.2. The Balaban J connectivity index is 1.72. The average Bonchev–Trinajstić information content (AvgIpc) is 3.23. The summed E-state index contributed by atoms with van der Waals surface area (Å²) < 4.78 is 22.5. The van der Waals surface area contributed by atoms with Gasteiger partial charge in [0, 0.05) is 16.1 Å². The summed E-state index contributed by atoms with van der Waals surface area (Å²) in [6.07, 6.45) is 0.947. The molecule has 0 radical (unpaired) electrons. The molecule has 4 aromatic rings. The van der Waals surface area contributed by atoms with Crippen LogP contribution in [-0.4, -0.2) is 19.3 Å². The van der Waals surface area contributed by atoms with E-state index in [1.807, 2.05) is 24.3 Å². The first-order chi connectivity index (χ1) is 15.4. The summed E-state index contributed by atoms with van der Waals surface area (Å²) in [5, 5.41) is 3.85. The van der Waals surface area contributed by atoms with Crippen LogP contribution in [0.1, 0.15) is 22.8 Å². The van der Waals surface area contributed by atoms with E-state index in [9.17, 15) is 13.2 Å². The lowest BCUT2D eigenvalue weighted by atomic mass is 10.0. The van der Waals surface area contributed by atoms with Crippen LogP contribution < -0.4 is 5.32 Å². The molecule has 0 bridgehead atoms. The van der Waals surface area contributed by atoms with Gasteiger partial charge in [-0.2, -0.15) is 0 Å². The number of amides is 1. The van der Waals surface area contributed by atoms with Crippen LogP contribution in [0.2, 0.25) is 5.02 Å². The number of thiazole rings is 1. The summed E-state index contributed by atoms with van der Waals surface area (Å²) in [5.41, 5.74) is 4.10. The quantitative estimate of drug-likeness (QED) is 0.335. The molecule has 8 heteroatoms. The van der Waals surface area contributed by atoms with Gasteiger partial charge < -0.3 is 0 Å². The predicted octanol–water partition coefficient (Wildman–Crippen LogP) is 5.92. The van der Waals surface area contributed by atoms with Crippen LogP contribution in [0, 0.1) is 0 Å². The lowest BCUT2D eigenvalue weighted by molar-refractivity contribution is 0.102. The molecule has 1 aromatic heterocycles. The summed E-state index contributed by atoms with van der Waals surface area (Å²) in [4.78, 5) is 18.4. The molecular formula is C24H19ClN2O3S2. The van der Waals surface area contributed by atoms with Crippen molar-refractivity contribution < 1.29 is 13.2 Å². The second-order valence-electron chi connectivity index (χ2n) is 7.02. The number of halogens is 1. The molecule has 3 aromatic carbocycles. The zero-order valence-electron chi connectivity index (χ0n) is 17.0. The van der Waals surface area contributed by atoms with Gasteiger partial charge in [0.25, 0.3) is 5.91 Å². The molecule has 0 unspecified atom stereocenters. The second kappa shape index (κ2) is 9.65. The molecule has 5 nitrogen and oxygen atoms in total. The van der Waals surface area contributed by atoms with Gasteiger partial charge in [-0.1, -0.05) is 72.3 Å². The molecule has 1 N–H and O–H groups in total. The van der Waals surface area contributed by atoms with E-state index in [1.54, 1.807) is 18.2 Å². The van der Waals surface area contributed by atoms with Gasteiger partial charge in [-0.3, -0.25) is 10.1 Å². The number of hydrogen-bond acceptors (Lipinski definition) is 5. The molecule has 0 saturated carbocycles. The van der Waals surface area contributed by atoms with Crippen LogP contribution in [0.25, 0.3) is 21.7 Å². The smallest absolute Gasteiger partial charge is 0.257 e. The Bertz CT molecular complexity index is 1340. The Morgan fingerprint density at radius 2 is 1.69 bits per heavy atom. The second-order valence-corrected chi connectivity index (χ2v) is 9.48. The van der Waals surface area contributed by atoms with Crippen LogP contribution in [0.4, 0.5) is 5.13 Å². The third-order valence-corrected chi connectivity index (χ3v) is 6.88. The SMILES string of the molecule is CCc1ccc(-c2sc(NC(=O)c3cccc([SH](=O)=O)c3)nc2-c2ccc(Cl)cc2)cc1. The first-order valence-electron chi connectivity index (χ1n) is 9.86. The van der Waals surface area contributed by atoms with E-state index in [1.165, 1.54) is 35.1 Å². The Hall–Kier alpha value is -3.00. The highest BCUT2D eigenvalue weighted by molar-refractivity contribution is 7.72. The molecule has 0 fully saturated rings. The van der Waals surface area contributed by atoms with E-state index >= 15 is 0 Å². The summed E-state index contributed by atoms with van der Waals surface area (Å²) >= 11 is 7.41. The fourth-order valence-electron chi connectivity index (χ4n) is 3.19. The van der Waals surface area contributed by atoms with Crippen molar-refractivity contribution in [3.63, 3.8) is 0 Å². The molecule has 32 heavy (non-hydrogen) atoms. The van der Waals surface area contributed by atoms with Crippen LogP contribution in [-0.2, 0) is 17.1 Å². The van der Waals surface area contributed by atoms with E-state index in [-0.39, 0.29) is 10.5 Å². The van der Waals surface area contributed by atoms with Crippen LogP contribution in [0.15, 0.2) is 77.7 Å². The minimum absolute atomic E-state index is 0.0883. The van der Waals surface area contributed by atoms with Crippen molar-refractivity contribution >= 4 is 44.7 Å². The highest BCUT2D eigenvalue weighted by atomic mass is 35.5. The normalized spacial score (nSPS) is 11.0. The molecule has 4 rings (SSSR count). The van der Waals surface area contributed by atoms with Crippen LogP contribution >= 0.6 is 22.9 Å². The van der Waals surface area contributed by atoms with Crippen molar-refractivity contribution in [1.82, 2.24) is 4.98 Å². The van der Waals surface area contributed by atoms with Gasteiger partial charge in [0.1, 0.15) is 0 Å². The molecule has 0 spiro atoms. The van der Waals surface area contributed by atoms with Crippen molar-refractivity contribution in [1.29, 1.82) is 0 Å². The lowest BCUT2D eigenvalue weighted by Gasteiger charge is -2.04. The van der Waals surface area contributed by atoms with Gasteiger partial charge >= 0.3 is 0 Å². The van der Waals surface area contributed by atoms with Crippen molar-refractivity contribution in [3.05, 3.63) is 88.9 Å². The minimum atomic E-state index is -2.77. The molecule has 1 amide bonds. The zero-order valence-corrected chi connectivity index (χ0v) is 19.5. The van der Waals surface area contributed by atoms with E-state index in [2.05, 4.69) is 29.4 Å². The maximum Gasteiger partial charge on any atom is 0.257 e. The van der Waals surface area contributed by atoms with Crippen LogP contribution in [0.3, 0.4) is 0 Å². The molecule has 162 valence electrons. The summed E-state index contributed by atoms with van der Waals surface area (Å²) in [5.74, 6) is -0.423. The highest BCUT2D eigenvalue weighted by Gasteiger charge is 2.17. The molecule has 0 aliphatic carbocycles. The van der Waals surface area contributed by atoms with Gasteiger partial charge in [-0.25, -0.2) is 13.4 Å². The van der Waals surface area contributed by atoms with Crippen LogP contribution in [0.5, 0.6) is 0 Å². The number of anilines is 1. The third-order valence-electron chi connectivity index (χ3n) is 4.91. The van der Waals surface area contributed by atoms with Gasteiger partial charge in [0.15, 0.2) is 15.8 Å². The molecule has 0 aliphatic heterocycles. The number of rotatable bonds is 6. The Morgan fingerprint density at radius 1 is 1.00 bits per heavy atom. The third kappa shape index (κ3) is 4.91. The average molecular weight is 483 g/mol. The Labute approximate surface area is 196 Å². The standard InChI is InChI=1S/C24H19ClN2O3S2/c1-2-15-6-8-17(9-7-15)22-21(16-10-12-19(25)13-11-16)26-24(31-22)27-23(28)18-4-3-5-20(14-18)32(29)30/h3-14,32H,2H2,1H3,(H,26,27,28). The zero-order chi connectivity index (χ0) is 22.7. The number of carbonyl (C=O) groups is 1. The number of hydrogen-bond donors (Lipinski definition) is 2. The summed E-state index contributed by atoms with van der Waals surface area (Å²) in [6, 6.07) is 21.5. The number of carbonyl (C=O) groups excluding carboxylic acids is 1. The number of thiol groups is 1. The largest absolute Gasteiger partial charge is 0.298 e. The van der Waals surface area contributed by atoms with Crippen molar-refractivity contribution in [2.45, 2.75) is 18.2 Å². The summed E-state index contributed by atoms with van der Waals surface area (Å²) in [6.45, 7) is 2.10. The molecular weight excluding hydrogens is 464 g/mol. The molecule has 0 aliphatic rings. The Morgan fingerprint density at radius 3 is 2.34 bits per heavy atom. The molecule has 0 saturated heterocycles. The van der Waals surface area contributed by atoms with Gasteiger partial charge in [0.05, 0.1) is 15.5 Å². The van der Waals surface area contributed by atoms with Gasteiger partial charge in [-0.05, 0) is 47.9 Å². The predicted molar refractivity (Wildman–Crippen MR) is 130 cm³/mol. The summed E-state index contributed by atoms with van der Waals surface area (Å²) in [7, 11) is -2.77. The topological polar surface area (TPSA) is 76.1 Å². The maximum atomic E-state index is 12.8. The van der Waals surface area contributed by atoms with E-state index < -0.39 is 16.6 Å².